The van der Waals surface area contributed by atoms with E-state index < -0.39 is 0 Å². The molecule has 1 aliphatic heterocycles. The highest BCUT2D eigenvalue weighted by Crippen LogP contribution is 2.33. The van der Waals surface area contributed by atoms with Gasteiger partial charge < -0.3 is 15.0 Å². The molecule has 1 N–H and O–H groups in total. The van der Waals surface area contributed by atoms with Gasteiger partial charge >= 0.3 is 0 Å². The Bertz CT molecular complexity index is 578. The number of fused-ring (bicyclic) bond motifs is 1. The van der Waals surface area contributed by atoms with Crippen LogP contribution in [0.5, 0.6) is 0 Å². The van der Waals surface area contributed by atoms with Crippen molar-refractivity contribution in [3.05, 3.63) is 21.4 Å². The van der Waals surface area contributed by atoms with Gasteiger partial charge in [-0.3, -0.25) is 9.59 Å². The number of hydrogen-bond donors (Lipinski definition) is 1. The first-order chi connectivity index (χ1) is 11.2. The molecule has 1 aliphatic carbocycles. The van der Waals surface area contributed by atoms with Crippen LogP contribution in [0, 0.1) is 5.92 Å². The number of likely N-dealkylation sites (tertiary alicyclic amines) is 1. The highest BCUT2D eigenvalue weighted by atomic mass is 32.1. The van der Waals surface area contributed by atoms with Gasteiger partial charge in [0.2, 0.25) is 5.91 Å². The van der Waals surface area contributed by atoms with Crippen molar-refractivity contribution >= 4 is 23.2 Å². The molecule has 1 saturated heterocycles. The Balaban J connectivity index is 1.62. The van der Waals surface area contributed by atoms with Gasteiger partial charge in [-0.1, -0.05) is 0 Å². The lowest BCUT2D eigenvalue weighted by atomic mass is 9.88. The second-order valence-electron chi connectivity index (χ2n) is 6.28. The summed E-state index contributed by atoms with van der Waals surface area (Å²) in [4.78, 5) is 28.8. The van der Waals surface area contributed by atoms with Gasteiger partial charge in [0, 0.05) is 37.5 Å². The van der Waals surface area contributed by atoms with Crippen molar-refractivity contribution in [2.75, 3.05) is 33.4 Å². The van der Waals surface area contributed by atoms with Gasteiger partial charge in [-0.15, -0.1) is 11.3 Å². The molecule has 23 heavy (non-hydrogen) atoms. The van der Waals surface area contributed by atoms with Crippen molar-refractivity contribution in [1.82, 2.24) is 10.2 Å². The molecule has 1 atom stereocenters. The van der Waals surface area contributed by atoms with E-state index in [4.69, 9.17) is 4.74 Å². The monoisotopic (exact) mass is 336 g/mol. The van der Waals surface area contributed by atoms with Gasteiger partial charge in [0.1, 0.15) is 0 Å². The summed E-state index contributed by atoms with van der Waals surface area (Å²) in [6.45, 7) is 2.86. The molecule has 1 fully saturated rings. The molecule has 5 nitrogen and oxygen atoms in total. The summed E-state index contributed by atoms with van der Waals surface area (Å²) in [5, 5.41) is 2.92. The van der Waals surface area contributed by atoms with Gasteiger partial charge in [-0.25, -0.2) is 0 Å². The average Bonchev–Trinajstić information content (AvgIpc) is 3.23. The largest absolute Gasteiger partial charge is 0.383 e. The Morgan fingerprint density at radius 2 is 2.17 bits per heavy atom. The van der Waals surface area contributed by atoms with Crippen LogP contribution in [0.25, 0.3) is 0 Å². The molecule has 0 spiro atoms. The minimum Gasteiger partial charge on any atom is -0.383 e. The maximum absolute atomic E-state index is 12.5. The molecule has 1 aromatic rings. The number of methoxy groups -OCH3 is 1. The van der Waals surface area contributed by atoms with Crippen LogP contribution in [0.1, 0.15) is 39.4 Å². The lowest BCUT2D eigenvalue weighted by molar-refractivity contribution is -0.125. The highest BCUT2D eigenvalue weighted by Gasteiger charge is 2.28. The predicted octanol–water partition coefficient (Wildman–Crippen LogP) is 1.85. The lowest BCUT2D eigenvalue weighted by Crippen LogP contribution is -2.35. The number of thiophene rings is 1. The Kier molecular flexibility index (Phi) is 5.33. The summed E-state index contributed by atoms with van der Waals surface area (Å²) in [7, 11) is 1.63. The van der Waals surface area contributed by atoms with E-state index in [0.717, 1.165) is 50.1 Å². The summed E-state index contributed by atoms with van der Waals surface area (Å²) in [5.74, 6) is 0.290. The standard InChI is InChI=1S/C17H24N2O3S/c1-22-9-6-18-16(20)12-4-5-14-13(10-12)11-15(23-14)17(21)19-7-2-3-8-19/h11-12H,2-10H2,1H3,(H,18,20)/t12-/m1/s1. The Hall–Kier alpha value is -1.40. The normalized spacial score (nSPS) is 20.4. The van der Waals surface area contributed by atoms with Crippen molar-refractivity contribution in [1.29, 1.82) is 0 Å². The summed E-state index contributed by atoms with van der Waals surface area (Å²) in [6.07, 6.45) is 4.73. The van der Waals surface area contributed by atoms with Gasteiger partial charge in [0.25, 0.3) is 5.91 Å². The second kappa shape index (κ2) is 7.45. The smallest absolute Gasteiger partial charge is 0.263 e. The zero-order chi connectivity index (χ0) is 16.2. The van der Waals surface area contributed by atoms with Gasteiger partial charge in [-0.2, -0.15) is 0 Å². The first-order valence-electron chi connectivity index (χ1n) is 8.36. The van der Waals surface area contributed by atoms with Crippen LogP contribution in [-0.4, -0.2) is 50.1 Å². The third-order valence-corrected chi connectivity index (χ3v) is 5.89. The number of amides is 2. The van der Waals surface area contributed by atoms with Crippen molar-refractivity contribution in [3.8, 4) is 0 Å². The number of ether oxygens (including phenoxy) is 1. The molecule has 0 bridgehead atoms. The van der Waals surface area contributed by atoms with Crippen molar-refractivity contribution in [2.45, 2.75) is 32.1 Å². The molecule has 2 heterocycles. The fraction of sp³-hybridized carbons (Fsp3) is 0.647. The fourth-order valence-electron chi connectivity index (χ4n) is 3.35. The van der Waals surface area contributed by atoms with Crippen LogP contribution in [0.15, 0.2) is 6.07 Å². The second-order valence-corrected chi connectivity index (χ2v) is 7.42. The number of rotatable bonds is 5. The molecular formula is C17H24N2O3S. The molecule has 2 aliphatic rings. The van der Waals surface area contributed by atoms with Crippen LogP contribution >= 0.6 is 11.3 Å². The van der Waals surface area contributed by atoms with E-state index >= 15 is 0 Å². The van der Waals surface area contributed by atoms with E-state index in [1.807, 2.05) is 11.0 Å². The molecule has 0 unspecified atom stereocenters. The maximum atomic E-state index is 12.5. The maximum Gasteiger partial charge on any atom is 0.263 e. The molecule has 1 aromatic heterocycles. The molecule has 0 aromatic carbocycles. The number of hydrogen-bond acceptors (Lipinski definition) is 4. The lowest BCUT2D eigenvalue weighted by Gasteiger charge is -2.21. The summed E-state index contributed by atoms with van der Waals surface area (Å²) >= 11 is 1.62. The first-order valence-corrected chi connectivity index (χ1v) is 9.18. The summed E-state index contributed by atoms with van der Waals surface area (Å²) < 4.78 is 4.96. The quantitative estimate of drug-likeness (QED) is 0.835. The van der Waals surface area contributed by atoms with Crippen LogP contribution in [0.3, 0.4) is 0 Å². The van der Waals surface area contributed by atoms with E-state index in [2.05, 4.69) is 5.32 Å². The number of nitrogens with zero attached hydrogens (tertiary/aromatic N) is 1. The number of carbonyl (C=O) groups is 2. The highest BCUT2D eigenvalue weighted by molar-refractivity contribution is 7.14. The zero-order valence-corrected chi connectivity index (χ0v) is 14.4. The summed E-state index contributed by atoms with van der Waals surface area (Å²) in [5.41, 5.74) is 1.19. The van der Waals surface area contributed by atoms with Crippen LogP contribution < -0.4 is 5.32 Å². The molecule has 0 saturated carbocycles. The van der Waals surface area contributed by atoms with Gasteiger partial charge in [-0.05, 0) is 43.7 Å². The molecular weight excluding hydrogens is 312 g/mol. The SMILES string of the molecule is COCCNC(=O)[C@@H]1CCc2sc(C(=O)N3CCCC3)cc2C1. The van der Waals surface area contributed by atoms with E-state index in [1.165, 1.54) is 10.4 Å². The number of aryl methyl sites for hydroxylation is 1. The molecule has 2 amide bonds. The van der Waals surface area contributed by atoms with Crippen molar-refractivity contribution < 1.29 is 14.3 Å². The minimum atomic E-state index is 0.0173. The number of carbonyl (C=O) groups excluding carboxylic acids is 2. The van der Waals surface area contributed by atoms with E-state index in [-0.39, 0.29) is 17.7 Å². The third-order valence-electron chi connectivity index (χ3n) is 4.66. The van der Waals surface area contributed by atoms with E-state index in [0.29, 0.717) is 13.2 Å². The van der Waals surface area contributed by atoms with E-state index in [1.54, 1.807) is 18.4 Å². The average molecular weight is 336 g/mol. The van der Waals surface area contributed by atoms with Crippen molar-refractivity contribution in [2.24, 2.45) is 5.92 Å². The topological polar surface area (TPSA) is 58.6 Å². The molecule has 0 radical (unpaired) electrons. The zero-order valence-electron chi connectivity index (χ0n) is 13.6. The fourth-order valence-corrected chi connectivity index (χ4v) is 4.53. The molecule has 6 heteroatoms. The number of nitrogens with one attached hydrogen (secondary N) is 1. The van der Waals surface area contributed by atoms with Crippen LogP contribution in [-0.2, 0) is 22.4 Å². The Labute approximate surface area is 141 Å². The molecule has 126 valence electrons. The van der Waals surface area contributed by atoms with Gasteiger partial charge in [0.15, 0.2) is 0 Å². The Morgan fingerprint density at radius 3 is 2.91 bits per heavy atom. The van der Waals surface area contributed by atoms with Crippen molar-refractivity contribution in [3.63, 3.8) is 0 Å². The van der Waals surface area contributed by atoms with Crippen LogP contribution in [0.4, 0.5) is 0 Å². The predicted molar refractivity (Wildman–Crippen MR) is 89.9 cm³/mol. The van der Waals surface area contributed by atoms with E-state index in [9.17, 15) is 9.59 Å². The third kappa shape index (κ3) is 3.75. The first kappa shape index (κ1) is 16.5. The summed E-state index contributed by atoms with van der Waals surface area (Å²) in [6, 6.07) is 2.02. The van der Waals surface area contributed by atoms with Crippen LogP contribution in [0.2, 0.25) is 0 Å². The van der Waals surface area contributed by atoms with Gasteiger partial charge in [0.05, 0.1) is 11.5 Å². The Morgan fingerprint density at radius 1 is 1.39 bits per heavy atom. The minimum absolute atomic E-state index is 0.0173. The molecule has 3 rings (SSSR count).